The van der Waals surface area contributed by atoms with Crippen molar-refractivity contribution in [3.63, 3.8) is 0 Å². The molecule has 0 bridgehead atoms. The second kappa shape index (κ2) is 6.56. The lowest BCUT2D eigenvalue weighted by molar-refractivity contribution is 0.102. The highest BCUT2D eigenvalue weighted by molar-refractivity contribution is 5.25. The van der Waals surface area contributed by atoms with E-state index in [1.807, 2.05) is 0 Å². The third kappa shape index (κ3) is 3.48. The van der Waals surface area contributed by atoms with E-state index >= 15 is 0 Å². The van der Waals surface area contributed by atoms with Gasteiger partial charge in [0.15, 0.2) is 0 Å². The number of hydrogen-bond donors (Lipinski definition) is 0. The average Bonchev–Trinajstić information content (AvgIpc) is 3.33. The normalized spacial score (nSPS) is 26.0. The van der Waals surface area contributed by atoms with Crippen LogP contribution in [0.5, 0.6) is 0 Å². The van der Waals surface area contributed by atoms with Gasteiger partial charge in [0, 0.05) is 30.8 Å². The second-order valence-corrected chi connectivity index (χ2v) is 8.21. The third-order valence-electron chi connectivity index (χ3n) is 6.48. The predicted molar refractivity (Wildman–Crippen MR) is 93.4 cm³/mol. The minimum absolute atomic E-state index is 0.800. The molecule has 0 atom stereocenters. The molecule has 0 unspecified atom stereocenters. The number of nitrogens with zero attached hydrogens (tertiary/aromatic N) is 4. The predicted octanol–water partition coefficient (Wildman–Crippen LogP) is 2.85. The SMILES string of the molecule is CN1CCC(C2CCN(Cc3cnn(C)c3C3CC3)CC2)CC1. The average molecular weight is 316 g/mol. The Kier molecular flexibility index (Phi) is 4.46. The fourth-order valence-corrected chi connectivity index (χ4v) is 4.82. The summed E-state index contributed by atoms with van der Waals surface area (Å²) in [5.74, 6) is 2.78. The molecule has 4 rings (SSSR count). The molecule has 0 aromatic carbocycles. The summed E-state index contributed by atoms with van der Waals surface area (Å²) in [6, 6.07) is 0. The van der Waals surface area contributed by atoms with Gasteiger partial charge < -0.3 is 4.90 Å². The van der Waals surface area contributed by atoms with Crippen LogP contribution in [0.4, 0.5) is 0 Å². The van der Waals surface area contributed by atoms with E-state index in [9.17, 15) is 0 Å². The van der Waals surface area contributed by atoms with Gasteiger partial charge in [-0.05, 0) is 83.6 Å². The Morgan fingerprint density at radius 1 is 0.913 bits per heavy atom. The molecule has 0 amide bonds. The van der Waals surface area contributed by atoms with Crippen molar-refractivity contribution in [3.8, 4) is 0 Å². The van der Waals surface area contributed by atoms with E-state index in [2.05, 4.69) is 39.9 Å². The summed E-state index contributed by atoms with van der Waals surface area (Å²) in [5.41, 5.74) is 3.01. The molecule has 4 heteroatoms. The fourth-order valence-electron chi connectivity index (χ4n) is 4.82. The second-order valence-electron chi connectivity index (χ2n) is 8.21. The molecule has 128 valence electrons. The molecule has 1 aliphatic carbocycles. The Morgan fingerprint density at radius 3 is 2.13 bits per heavy atom. The van der Waals surface area contributed by atoms with E-state index in [1.54, 1.807) is 0 Å². The summed E-state index contributed by atoms with van der Waals surface area (Å²) >= 11 is 0. The first-order chi connectivity index (χ1) is 11.2. The highest BCUT2D eigenvalue weighted by atomic mass is 15.3. The van der Waals surface area contributed by atoms with Crippen molar-refractivity contribution in [1.82, 2.24) is 19.6 Å². The number of rotatable bonds is 4. The highest BCUT2D eigenvalue weighted by Gasteiger charge is 2.32. The zero-order chi connectivity index (χ0) is 15.8. The lowest BCUT2D eigenvalue weighted by atomic mass is 9.79. The van der Waals surface area contributed by atoms with Gasteiger partial charge in [-0.2, -0.15) is 5.10 Å². The number of piperidine rings is 2. The molecule has 4 nitrogen and oxygen atoms in total. The molecule has 1 saturated carbocycles. The van der Waals surface area contributed by atoms with Crippen molar-refractivity contribution in [3.05, 3.63) is 17.5 Å². The lowest BCUT2D eigenvalue weighted by Crippen LogP contribution is -2.39. The van der Waals surface area contributed by atoms with Crippen molar-refractivity contribution in [2.24, 2.45) is 18.9 Å². The summed E-state index contributed by atoms with van der Waals surface area (Å²) < 4.78 is 2.12. The molecule has 23 heavy (non-hydrogen) atoms. The summed E-state index contributed by atoms with van der Waals surface area (Å²) in [7, 11) is 4.38. The van der Waals surface area contributed by atoms with Crippen LogP contribution in [-0.2, 0) is 13.6 Å². The van der Waals surface area contributed by atoms with Gasteiger partial charge in [0.2, 0.25) is 0 Å². The van der Waals surface area contributed by atoms with E-state index in [0.29, 0.717) is 0 Å². The van der Waals surface area contributed by atoms with Crippen LogP contribution < -0.4 is 0 Å². The van der Waals surface area contributed by atoms with Gasteiger partial charge in [-0.1, -0.05) is 0 Å². The quantitative estimate of drug-likeness (QED) is 0.854. The zero-order valence-electron chi connectivity index (χ0n) is 14.9. The summed E-state index contributed by atoms with van der Waals surface area (Å²) in [5, 5.41) is 4.52. The largest absolute Gasteiger partial charge is 0.306 e. The molecule has 0 spiro atoms. The van der Waals surface area contributed by atoms with Crippen LogP contribution in [0.3, 0.4) is 0 Å². The number of hydrogen-bond acceptors (Lipinski definition) is 3. The number of aromatic nitrogens is 2. The van der Waals surface area contributed by atoms with Crippen molar-refractivity contribution in [2.45, 2.75) is 51.0 Å². The number of likely N-dealkylation sites (tertiary alicyclic amines) is 2. The summed E-state index contributed by atoms with van der Waals surface area (Å²) in [6.07, 6.45) is 10.5. The summed E-state index contributed by atoms with van der Waals surface area (Å²) in [4.78, 5) is 5.17. The van der Waals surface area contributed by atoms with Crippen molar-refractivity contribution >= 4 is 0 Å². The maximum absolute atomic E-state index is 4.52. The Hall–Kier alpha value is -0.870. The van der Waals surface area contributed by atoms with E-state index in [4.69, 9.17) is 0 Å². The van der Waals surface area contributed by atoms with Crippen LogP contribution in [0.2, 0.25) is 0 Å². The van der Waals surface area contributed by atoms with Crippen LogP contribution >= 0.6 is 0 Å². The van der Waals surface area contributed by atoms with Crippen molar-refractivity contribution in [2.75, 3.05) is 33.2 Å². The fraction of sp³-hybridized carbons (Fsp3) is 0.842. The third-order valence-corrected chi connectivity index (χ3v) is 6.48. The Morgan fingerprint density at radius 2 is 1.52 bits per heavy atom. The molecule has 2 saturated heterocycles. The standard InChI is InChI=1S/C19H32N4/c1-21-9-5-15(6-10-21)16-7-11-23(12-8-16)14-18-13-20-22(2)19(18)17-3-4-17/h13,15-17H,3-12,14H2,1-2H3. The van der Waals surface area contributed by atoms with Gasteiger partial charge in [-0.15, -0.1) is 0 Å². The molecule has 3 heterocycles. The van der Waals surface area contributed by atoms with Gasteiger partial charge in [0.05, 0.1) is 6.20 Å². The minimum atomic E-state index is 0.800. The smallest absolute Gasteiger partial charge is 0.0537 e. The van der Waals surface area contributed by atoms with Gasteiger partial charge in [0.25, 0.3) is 0 Å². The molecule has 0 N–H and O–H groups in total. The van der Waals surface area contributed by atoms with Gasteiger partial charge in [-0.25, -0.2) is 0 Å². The molecule has 3 fully saturated rings. The molecule has 0 radical (unpaired) electrons. The summed E-state index contributed by atoms with van der Waals surface area (Å²) in [6.45, 7) is 6.32. The van der Waals surface area contributed by atoms with E-state index in [0.717, 1.165) is 24.3 Å². The molecule has 2 aliphatic heterocycles. The van der Waals surface area contributed by atoms with E-state index < -0.39 is 0 Å². The monoisotopic (exact) mass is 316 g/mol. The Balaban J connectivity index is 1.30. The van der Waals surface area contributed by atoms with Crippen molar-refractivity contribution in [1.29, 1.82) is 0 Å². The molecular formula is C19H32N4. The molecule has 1 aromatic rings. The van der Waals surface area contributed by atoms with Crippen LogP contribution in [0, 0.1) is 11.8 Å². The van der Waals surface area contributed by atoms with Gasteiger partial charge in [0.1, 0.15) is 0 Å². The lowest BCUT2D eigenvalue weighted by Gasteiger charge is -2.39. The van der Waals surface area contributed by atoms with Crippen LogP contribution in [0.25, 0.3) is 0 Å². The number of aryl methyl sites for hydroxylation is 1. The Labute approximate surface area is 140 Å². The molecular weight excluding hydrogens is 284 g/mol. The van der Waals surface area contributed by atoms with Crippen LogP contribution in [0.1, 0.15) is 55.7 Å². The van der Waals surface area contributed by atoms with E-state index in [-0.39, 0.29) is 0 Å². The minimum Gasteiger partial charge on any atom is -0.306 e. The first-order valence-electron chi connectivity index (χ1n) is 9.62. The van der Waals surface area contributed by atoms with E-state index in [1.165, 1.54) is 76.0 Å². The highest BCUT2D eigenvalue weighted by Crippen LogP contribution is 2.42. The first kappa shape index (κ1) is 15.6. The molecule has 3 aliphatic rings. The zero-order valence-corrected chi connectivity index (χ0v) is 14.9. The maximum Gasteiger partial charge on any atom is 0.0537 e. The first-order valence-corrected chi connectivity index (χ1v) is 9.62. The van der Waals surface area contributed by atoms with Gasteiger partial charge >= 0.3 is 0 Å². The van der Waals surface area contributed by atoms with Crippen molar-refractivity contribution < 1.29 is 0 Å². The Bertz CT molecular complexity index is 517. The topological polar surface area (TPSA) is 24.3 Å². The molecule has 1 aromatic heterocycles. The van der Waals surface area contributed by atoms with Gasteiger partial charge in [-0.3, -0.25) is 9.58 Å². The van der Waals surface area contributed by atoms with Crippen LogP contribution in [-0.4, -0.2) is 52.8 Å². The van der Waals surface area contributed by atoms with Crippen LogP contribution in [0.15, 0.2) is 6.20 Å². The maximum atomic E-state index is 4.52.